The average molecular weight is 285 g/mol. The summed E-state index contributed by atoms with van der Waals surface area (Å²) in [6.45, 7) is 0.681. The van der Waals surface area contributed by atoms with E-state index >= 15 is 0 Å². The SMILES string of the molecule is COc1cccc(CCN=Cc2ccc(OC)c(O)c2)c1. The first kappa shape index (κ1) is 14.9. The second kappa shape index (κ2) is 7.33. The number of aromatic hydroxyl groups is 1. The van der Waals surface area contributed by atoms with Crippen LogP contribution in [0.5, 0.6) is 17.2 Å². The van der Waals surface area contributed by atoms with Crippen molar-refractivity contribution in [1.82, 2.24) is 0 Å². The van der Waals surface area contributed by atoms with E-state index in [1.54, 1.807) is 25.5 Å². The van der Waals surface area contributed by atoms with Crippen LogP contribution in [0.4, 0.5) is 0 Å². The zero-order valence-corrected chi connectivity index (χ0v) is 12.2. The van der Waals surface area contributed by atoms with Gasteiger partial charge < -0.3 is 14.6 Å². The normalized spacial score (nSPS) is 10.8. The van der Waals surface area contributed by atoms with Crippen LogP contribution in [0.15, 0.2) is 47.5 Å². The Morgan fingerprint density at radius 3 is 2.67 bits per heavy atom. The first-order valence-electron chi connectivity index (χ1n) is 6.72. The number of methoxy groups -OCH3 is 2. The van der Waals surface area contributed by atoms with E-state index in [1.807, 2.05) is 24.3 Å². The summed E-state index contributed by atoms with van der Waals surface area (Å²) in [4.78, 5) is 4.37. The molecule has 0 heterocycles. The van der Waals surface area contributed by atoms with Crippen molar-refractivity contribution >= 4 is 6.21 Å². The molecule has 21 heavy (non-hydrogen) atoms. The molecule has 2 aromatic rings. The number of phenolic OH excluding ortho intramolecular Hbond substituents is 1. The van der Waals surface area contributed by atoms with Crippen LogP contribution in [0, 0.1) is 0 Å². The summed E-state index contributed by atoms with van der Waals surface area (Å²) >= 11 is 0. The van der Waals surface area contributed by atoms with E-state index in [1.165, 1.54) is 12.7 Å². The largest absolute Gasteiger partial charge is 0.504 e. The van der Waals surface area contributed by atoms with Gasteiger partial charge in [-0.15, -0.1) is 0 Å². The van der Waals surface area contributed by atoms with E-state index in [0.29, 0.717) is 12.3 Å². The second-order valence-electron chi connectivity index (χ2n) is 4.57. The maximum Gasteiger partial charge on any atom is 0.160 e. The zero-order valence-electron chi connectivity index (χ0n) is 12.2. The molecule has 0 aliphatic rings. The van der Waals surface area contributed by atoms with E-state index in [2.05, 4.69) is 11.1 Å². The lowest BCUT2D eigenvalue weighted by Gasteiger charge is -2.03. The minimum atomic E-state index is 0.120. The molecule has 0 aromatic heterocycles. The third-order valence-corrected chi connectivity index (χ3v) is 3.11. The van der Waals surface area contributed by atoms with Crippen LogP contribution in [0.25, 0.3) is 0 Å². The van der Waals surface area contributed by atoms with Gasteiger partial charge >= 0.3 is 0 Å². The molecular formula is C17H19NO3. The van der Waals surface area contributed by atoms with Gasteiger partial charge in [0.05, 0.1) is 14.2 Å². The van der Waals surface area contributed by atoms with Crippen LogP contribution in [0.3, 0.4) is 0 Å². The highest BCUT2D eigenvalue weighted by molar-refractivity contribution is 5.80. The Morgan fingerprint density at radius 2 is 1.95 bits per heavy atom. The molecular weight excluding hydrogens is 266 g/mol. The van der Waals surface area contributed by atoms with E-state index in [-0.39, 0.29) is 5.75 Å². The molecule has 0 radical (unpaired) electrons. The average Bonchev–Trinajstić information content (AvgIpc) is 2.52. The minimum Gasteiger partial charge on any atom is -0.504 e. The van der Waals surface area contributed by atoms with Crippen LogP contribution < -0.4 is 9.47 Å². The molecule has 0 unspecified atom stereocenters. The van der Waals surface area contributed by atoms with E-state index in [4.69, 9.17) is 9.47 Å². The van der Waals surface area contributed by atoms with Gasteiger partial charge in [0.15, 0.2) is 11.5 Å². The number of benzene rings is 2. The lowest BCUT2D eigenvalue weighted by Crippen LogP contribution is -1.92. The van der Waals surface area contributed by atoms with Crippen LogP contribution in [0.2, 0.25) is 0 Å². The molecule has 0 fully saturated rings. The summed E-state index contributed by atoms with van der Waals surface area (Å²) < 4.78 is 10.2. The van der Waals surface area contributed by atoms with Gasteiger partial charge in [-0.1, -0.05) is 12.1 Å². The molecule has 4 nitrogen and oxygen atoms in total. The standard InChI is InChI=1S/C17H19NO3/c1-20-15-5-3-4-13(10-15)8-9-18-12-14-6-7-17(21-2)16(19)11-14/h3-7,10-12,19H,8-9H2,1-2H3. The highest BCUT2D eigenvalue weighted by Gasteiger charge is 2.00. The van der Waals surface area contributed by atoms with Crippen molar-refractivity contribution in [2.75, 3.05) is 20.8 Å². The monoisotopic (exact) mass is 285 g/mol. The topological polar surface area (TPSA) is 51.0 Å². The fourth-order valence-electron chi connectivity index (χ4n) is 1.98. The van der Waals surface area contributed by atoms with E-state index in [9.17, 15) is 5.11 Å². The van der Waals surface area contributed by atoms with Crippen LogP contribution in [-0.2, 0) is 6.42 Å². The molecule has 4 heteroatoms. The summed E-state index contributed by atoms with van der Waals surface area (Å²) in [6, 6.07) is 13.2. The zero-order chi connectivity index (χ0) is 15.1. The summed E-state index contributed by atoms with van der Waals surface area (Å²) in [5, 5.41) is 9.68. The molecule has 0 spiro atoms. The Balaban J connectivity index is 1.91. The Kier molecular flexibility index (Phi) is 5.21. The number of hydrogen-bond acceptors (Lipinski definition) is 4. The van der Waals surface area contributed by atoms with Crippen molar-refractivity contribution in [2.24, 2.45) is 4.99 Å². The molecule has 0 saturated carbocycles. The van der Waals surface area contributed by atoms with E-state index in [0.717, 1.165) is 17.7 Å². The van der Waals surface area contributed by atoms with Gasteiger partial charge in [-0.3, -0.25) is 4.99 Å². The maximum atomic E-state index is 9.68. The molecule has 0 saturated heterocycles. The van der Waals surface area contributed by atoms with Crippen molar-refractivity contribution < 1.29 is 14.6 Å². The van der Waals surface area contributed by atoms with Crippen LogP contribution in [-0.4, -0.2) is 32.1 Å². The maximum absolute atomic E-state index is 9.68. The molecule has 2 aromatic carbocycles. The third-order valence-electron chi connectivity index (χ3n) is 3.11. The van der Waals surface area contributed by atoms with Crippen molar-refractivity contribution in [3.05, 3.63) is 53.6 Å². The highest BCUT2D eigenvalue weighted by atomic mass is 16.5. The Hall–Kier alpha value is -2.49. The van der Waals surface area contributed by atoms with Crippen molar-refractivity contribution in [3.63, 3.8) is 0 Å². The number of phenols is 1. The second-order valence-corrected chi connectivity index (χ2v) is 4.57. The van der Waals surface area contributed by atoms with Gasteiger partial charge in [-0.05, 0) is 47.9 Å². The fraction of sp³-hybridized carbons (Fsp3) is 0.235. The number of rotatable bonds is 6. The summed E-state index contributed by atoms with van der Waals surface area (Å²) in [5.41, 5.74) is 2.03. The van der Waals surface area contributed by atoms with Crippen molar-refractivity contribution in [2.45, 2.75) is 6.42 Å². The minimum absolute atomic E-state index is 0.120. The molecule has 0 aliphatic heterocycles. The summed E-state index contributed by atoms with van der Waals surface area (Å²) in [5.74, 6) is 1.44. The van der Waals surface area contributed by atoms with E-state index < -0.39 is 0 Å². The molecule has 0 amide bonds. The smallest absolute Gasteiger partial charge is 0.160 e. The number of ether oxygens (including phenoxy) is 2. The predicted molar refractivity (Wildman–Crippen MR) is 83.8 cm³/mol. The molecule has 0 aliphatic carbocycles. The lowest BCUT2D eigenvalue weighted by atomic mass is 10.1. The van der Waals surface area contributed by atoms with Crippen molar-refractivity contribution in [3.8, 4) is 17.2 Å². The predicted octanol–water partition coefficient (Wildman–Crippen LogP) is 3.07. The van der Waals surface area contributed by atoms with Gasteiger partial charge in [-0.2, -0.15) is 0 Å². The first-order valence-corrected chi connectivity index (χ1v) is 6.72. The number of nitrogens with zero attached hydrogens (tertiary/aromatic N) is 1. The third kappa shape index (κ3) is 4.24. The van der Waals surface area contributed by atoms with Crippen molar-refractivity contribution in [1.29, 1.82) is 0 Å². The lowest BCUT2D eigenvalue weighted by molar-refractivity contribution is 0.373. The molecule has 1 N–H and O–H groups in total. The fourth-order valence-corrected chi connectivity index (χ4v) is 1.98. The number of hydrogen-bond donors (Lipinski definition) is 1. The van der Waals surface area contributed by atoms with Gasteiger partial charge in [0.25, 0.3) is 0 Å². The molecule has 2 rings (SSSR count). The molecule has 0 atom stereocenters. The highest BCUT2D eigenvalue weighted by Crippen LogP contribution is 2.25. The Morgan fingerprint density at radius 1 is 1.10 bits per heavy atom. The molecule has 110 valence electrons. The van der Waals surface area contributed by atoms with Crippen LogP contribution in [0.1, 0.15) is 11.1 Å². The summed E-state index contributed by atoms with van der Waals surface area (Å²) in [7, 11) is 3.18. The Bertz CT molecular complexity index is 623. The number of aliphatic imine (C=N–C) groups is 1. The van der Waals surface area contributed by atoms with Gasteiger partial charge in [0.1, 0.15) is 5.75 Å². The Labute approximate surface area is 124 Å². The first-order chi connectivity index (χ1) is 10.2. The summed E-state index contributed by atoms with van der Waals surface area (Å²) in [6.07, 6.45) is 2.59. The van der Waals surface area contributed by atoms with Gasteiger partial charge in [0.2, 0.25) is 0 Å². The quantitative estimate of drug-likeness (QED) is 0.830. The van der Waals surface area contributed by atoms with Gasteiger partial charge in [-0.25, -0.2) is 0 Å². The van der Waals surface area contributed by atoms with Crippen LogP contribution >= 0.6 is 0 Å². The molecule has 0 bridgehead atoms. The van der Waals surface area contributed by atoms with Gasteiger partial charge in [0, 0.05) is 12.8 Å².